The minimum absolute atomic E-state index is 0.337. The van der Waals surface area contributed by atoms with Crippen LogP contribution in [0.1, 0.15) is 42.7 Å². The van der Waals surface area contributed by atoms with Gasteiger partial charge in [-0.3, -0.25) is 4.68 Å². The van der Waals surface area contributed by atoms with Crippen molar-refractivity contribution in [1.29, 1.82) is 0 Å². The lowest BCUT2D eigenvalue weighted by atomic mass is 10.1. The molecule has 1 aliphatic carbocycles. The molecular weight excluding hydrogens is 280 g/mol. The Bertz CT molecular complexity index is 722. The molecule has 6 heteroatoms. The molecule has 2 aromatic rings. The zero-order valence-electron chi connectivity index (χ0n) is 13.5. The van der Waals surface area contributed by atoms with Gasteiger partial charge in [-0.2, -0.15) is 5.10 Å². The molecule has 0 aromatic carbocycles. The molecule has 1 N–H and O–H groups in total. The zero-order chi connectivity index (χ0) is 15.9. The summed E-state index contributed by atoms with van der Waals surface area (Å²) in [6.07, 6.45) is 3.88. The molecule has 2 unspecified atom stereocenters. The predicted molar refractivity (Wildman–Crippen MR) is 85.0 cm³/mol. The number of aryl methyl sites for hydroxylation is 2. The van der Waals surface area contributed by atoms with Crippen molar-refractivity contribution in [1.82, 2.24) is 14.8 Å². The maximum Gasteiger partial charge on any atom is 0.341 e. The van der Waals surface area contributed by atoms with E-state index >= 15 is 0 Å². The van der Waals surface area contributed by atoms with Crippen molar-refractivity contribution in [2.45, 2.75) is 39.7 Å². The predicted octanol–water partition coefficient (Wildman–Crippen LogP) is 2.66. The first-order valence-corrected chi connectivity index (χ1v) is 7.82. The summed E-state index contributed by atoms with van der Waals surface area (Å²) < 4.78 is 6.92. The Hall–Kier alpha value is -2.11. The van der Waals surface area contributed by atoms with Crippen LogP contribution in [-0.4, -0.2) is 33.4 Å². The highest BCUT2D eigenvalue weighted by Crippen LogP contribution is 2.39. The maximum absolute atomic E-state index is 12.3. The monoisotopic (exact) mass is 302 g/mol. The van der Waals surface area contributed by atoms with Crippen LogP contribution in [0.25, 0.3) is 11.0 Å². The topological polar surface area (TPSA) is 69.0 Å². The Morgan fingerprint density at radius 2 is 2.27 bits per heavy atom. The number of fused-ring (bicyclic) bond motifs is 1. The third-order valence-corrected chi connectivity index (χ3v) is 4.30. The quantitative estimate of drug-likeness (QED) is 0.860. The Labute approximate surface area is 129 Å². The van der Waals surface area contributed by atoms with Crippen molar-refractivity contribution in [2.75, 3.05) is 11.9 Å². The van der Waals surface area contributed by atoms with Gasteiger partial charge in [0.25, 0.3) is 0 Å². The molecule has 1 saturated carbocycles. The highest BCUT2D eigenvalue weighted by molar-refractivity contribution is 6.05. The first kappa shape index (κ1) is 14.8. The summed E-state index contributed by atoms with van der Waals surface area (Å²) >= 11 is 0. The van der Waals surface area contributed by atoms with Crippen LogP contribution >= 0.6 is 0 Å². The number of nitrogens with one attached hydrogen (secondary N) is 1. The Kier molecular flexibility index (Phi) is 3.76. The number of rotatable bonds is 5. The number of hydrogen-bond acceptors (Lipinski definition) is 5. The summed E-state index contributed by atoms with van der Waals surface area (Å²) in [6, 6.07) is 0.420. The van der Waals surface area contributed by atoms with Crippen LogP contribution in [0.4, 0.5) is 5.69 Å². The van der Waals surface area contributed by atoms with E-state index in [1.807, 2.05) is 14.0 Å². The molecule has 0 amide bonds. The molecule has 3 rings (SSSR count). The number of pyridine rings is 1. The van der Waals surface area contributed by atoms with E-state index in [0.717, 1.165) is 35.3 Å². The number of carbonyl (C=O) groups excluding carboxylic acids is 1. The van der Waals surface area contributed by atoms with Crippen LogP contribution < -0.4 is 5.32 Å². The molecule has 0 saturated heterocycles. The van der Waals surface area contributed by atoms with Gasteiger partial charge in [-0.05, 0) is 26.2 Å². The molecule has 2 aromatic heterocycles. The molecule has 2 heterocycles. The van der Waals surface area contributed by atoms with Crippen LogP contribution in [0.3, 0.4) is 0 Å². The third-order valence-electron chi connectivity index (χ3n) is 4.30. The van der Waals surface area contributed by atoms with Crippen molar-refractivity contribution in [3.8, 4) is 0 Å². The number of anilines is 1. The summed E-state index contributed by atoms with van der Waals surface area (Å²) in [5, 5.41) is 8.87. The van der Waals surface area contributed by atoms with E-state index in [1.165, 1.54) is 0 Å². The van der Waals surface area contributed by atoms with Gasteiger partial charge in [0.2, 0.25) is 0 Å². The number of nitrogens with zero attached hydrogens (tertiary/aromatic N) is 3. The number of carbonyl (C=O) groups is 1. The first-order chi connectivity index (χ1) is 10.6. The van der Waals surface area contributed by atoms with Crippen molar-refractivity contribution in [3.05, 3.63) is 17.5 Å². The highest BCUT2D eigenvalue weighted by Gasteiger charge is 2.36. The number of ether oxygens (including phenoxy) is 1. The summed E-state index contributed by atoms with van der Waals surface area (Å²) in [5.74, 6) is 0.339. The van der Waals surface area contributed by atoms with E-state index in [-0.39, 0.29) is 5.97 Å². The van der Waals surface area contributed by atoms with Gasteiger partial charge in [-0.15, -0.1) is 0 Å². The molecule has 2 atom stereocenters. The van der Waals surface area contributed by atoms with Gasteiger partial charge in [0.15, 0.2) is 5.65 Å². The van der Waals surface area contributed by atoms with Gasteiger partial charge >= 0.3 is 5.97 Å². The zero-order valence-corrected chi connectivity index (χ0v) is 13.5. The largest absolute Gasteiger partial charge is 0.462 e. The van der Waals surface area contributed by atoms with Gasteiger partial charge in [-0.25, -0.2) is 9.78 Å². The van der Waals surface area contributed by atoms with Crippen LogP contribution in [0, 0.1) is 12.8 Å². The number of esters is 1. The van der Waals surface area contributed by atoms with E-state index in [1.54, 1.807) is 17.8 Å². The van der Waals surface area contributed by atoms with Crippen molar-refractivity contribution in [3.63, 3.8) is 0 Å². The van der Waals surface area contributed by atoms with Crippen molar-refractivity contribution >= 4 is 22.7 Å². The molecule has 0 radical (unpaired) electrons. The standard InChI is InChI=1S/C16H22N4O2/c1-5-10-7-12(10)18-14-11(16(21)22-6-2)8-17-15-13(14)9(3)19-20(15)4/h8,10,12H,5-7H2,1-4H3,(H,17,18). The van der Waals surface area contributed by atoms with Gasteiger partial charge in [0, 0.05) is 19.3 Å². The van der Waals surface area contributed by atoms with Crippen LogP contribution in [0.15, 0.2) is 6.20 Å². The molecule has 118 valence electrons. The molecule has 1 fully saturated rings. The molecule has 22 heavy (non-hydrogen) atoms. The highest BCUT2D eigenvalue weighted by atomic mass is 16.5. The van der Waals surface area contributed by atoms with Gasteiger partial charge in [0.1, 0.15) is 5.56 Å². The SMILES string of the molecule is CCOC(=O)c1cnc2c(c(C)nn2C)c1NC1CC1CC. The third kappa shape index (κ3) is 2.42. The average molecular weight is 302 g/mol. The lowest BCUT2D eigenvalue weighted by Crippen LogP contribution is -2.13. The van der Waals surface area contributed by atoms with E-state index in [2.05, 4.69) is 22.3 Å². The van der Waals surface area contributed by atoms with Gasteiger partial charge < -0.3 is 10.1 Å². The fourth-order valence-electron chi connectivity index (χ4n) is 2.99. The van der Waals surface area contributed by atoms with Crippen molar-refractivity contribution in [2.24, 2.45) is 13.0 Å². The molecule has 0 spiro atoms. The fraction of sp³-hybridized carbons (Fsp3) is 0.562. The molecule has 6 nitrogen and oxygen atoms in total. The first-order valence-electron chi connectivity index (χ1n) is 7.82. The van der Waals surface area contributed by atoms with E-state index < -0.39 is 0 Å². The van der Waals surface area contributed by atoms with E-state index in [4.69, 9.17) is 4.74 Å². The Morgan fingerprint density at radius 1 is 1.50 bits per heavy atom. The van der Waals surface area contributed by atoms with Crippen LogP contribution in [0.5, 0.6) is 0 Å². The molecule has 1 aliphatic rings. The minimum Gasteiger partial charge on any atom is -0.462 e. The fourth-order valence-corrected chi connectivity index (χ4v) is 2.99. The molecule has 0 aliphatic heterocycles. The Balaban J connectivity index is 2.09. The second-order valence-electron chi connectivity index (χ2n) is 5.83. The summed E-state index contributed by atoms with van der Waals surface area (Å²) in [7, 11) is 1.86. The average Bonchev–Trinajstić information content (AvgIpc) is 3.18. The lowest BCUT2D eigenvalue weighted by molar-refractivity contribution is 0.0527. The number of hydrogen-bond donors (Lipinski definition) is 1. The summed E-state index contributed by atoms with van der Waals surface area (Å²) in [5.41, 5.74) is 2.95. The van der Waals surface area contributed by atoms with E-state index in [9.17, 15) is 4.79 Å². The molecular formula is C16H22N4O2. The van der Waals surface area contributed by atoms with Crippen LogP contribution in [-0.2, 0) is 11.8 Å². The van der Waals surface area contributed by atoms with E-state index in [0.29, 0.717) is 24.1 Å². The maximum atomic E-state index is 12.3. The van der Waals surface area contributed by atoms with Crippen LogP contribution in [0.2, 0.25) is 0 Å². The second kappa shape index (κ2) is 5.59. The minimum atomic E-state index is -0.337. The lowest BCUT2D eigenvalue weighted by Gasteiger charge is -2.13. The summed E-state index contributed by atoms with van der Waals surface area (Å²) in [4.78, 5) is 16.6. The second-order valence-corrected chi connectivity index (χ2v) is 5.83. The van der Waals surface area contributed by atoms with Gasteiger partial charge in [0.05, 0.1) is 23.4 Å². The van der Waals surface area contributed by atoms with Crippen molar-refractivity contribution < 1.29 is 9.53 Å². The summed E-state index contributed by atoms with van der Waals surface area (Å²) in [6.45, 7) is 6.29. The van der Waals surface area contributed by atoms with Gasteiger partial charge in [-0.1, -0.05) is 13.3 Å². The number of aromatic nitrogens is 3. The normalized spacial score (nSPS) is 20.2. The Morgan fingerprint density at radius 3 is 2.91 bits per heavy atom. The smallest absolute Gasteiger partial charge is 0.341 e. The molecule has 0 bridgehead atoms.